The second-order valence-electron chi connectivity index (χ2n) is 7.68. The molecule has 5 rings (SSSR count). The number of likely N-dealkylation sites (tertiary alicyclic amines) is 1. The summed E-state index contributed by atoms with van der Waals surface area (Å²) >= 11 is 0. The third-order valence-corrected chi connectivity index (χ3v) is 5.99. The number of nitrogens with zero attached hydrogens (tertiary/aromatic N) is 2. The van der Waals surface area contributed by atoms with Gasteiger partial charge in [0.15, 0.2) is 0 Å². The third-order valence-electron chi connectivity index (χ3n) is 5.99. The largest absolute Gasteiger partial charge is 0.497 e. The second kappa shape index (κ2) is 7.33. The van der Waals surface area contributed by atoms with Crippen molar-refractivity contribution >= 4 is 21.8 Å². The molecule has 0 aliphatic carbocycles. The minimum atomic E-state index is 0.541. The number of para-hydroxylation sites is 1. The molecular weight excluding hydrogens is 344 g/mol. The SMILES string of the molecule is COc1cccc(CN2CCC(n3c4ccc[c]c4c4ccccc43)CC2)c1. The van der Waals surface area contributed by atoms with Gasteiger partial charge in [-0.05, 0) is 48.7 Å². The first kappa shape index (κ1) is 17.3. The highest BCUT2D eigenvalue weighted by molar-refractivity contribution is 6.07. The Morgan fingerprint density at radius 3 is 2.64 bits per heavy atom. The van der Waals surface area contributed by atoms with E-state index in [9.17, 15) is 0 Å². The topological polar surface area (TPSA) is 17.4 Å². The highest BCUT2D eigenvalue weighted by Crippen LogP contribution is 2.35. The highest BCUT2D eigenvalue weighted by Gasteiger charge is 2.23. The zero-order valence-electron chi connectivity index (χ0n) is 16.3. The first-order valence-corrected chi connectivity index (χ1v) is 10.1. The maximum atomic E-state index is 5.37. The van der Waals surface area contributed by atoms with Crippen LogP contribution in [0.4, 0.5) is 0 Å². The lowest BCUT2D eigenvalue weighted by molar-refractivity contribution is 0.183. The van der Waals surface area contributed by atoms with Crippen molar-refractivity contribution in [3.05, 3.63) is 78.4 Å². The van der Waals surface area contributed by atoms with Crippen LogP contribution in [0.3, 0.4) is 0 Å². The van der Waals surface area contributed by atoms with Gasteiger partial charge < -0.3 is 9.30 Å². The number of ether oxygens (including phenoxy) is 1. The molecule has 0 spiro atoms. The average molecular weight is 369 g/mol. The van der Waals surface area contributed by atoms with Crippen molar-refractivity contribution in [2.75, 3.05) is 20.2 Å². The molecule has 1 radical (unpaired) electrons. The van der Waals surface area contributed by atoms with Gasteiger partial charge in [-0.15, -0.1) is 0 Å². The van der Waals surface area contributed by atoms with Crippen LogP contribution < -0.4 is 4.74 Å². The molecule has 28 heavy (non-hydrogen) atoms. The highest BCUT2D eigenvalue weighted by atomic mass is 16.5. The van der Waals surface area contributed by atoms with Crippen molar-refractivity contribution in [2.45, 2.75) is 25.4 Å². The van der Waals surface area contributed by atoms with E-state index in [1.54, 1.807) is 7.11 Å². The molecule has 1 fully saturated rings. The molecule has 1 aliphatic rings. The molecule has 0 unspecified atom stereocenters. The molecule has 0 amide bonds. The van der Waals surface area contributed by atoms with Gasteiger partial charge in [0.2, 0.25) is 0 Å². The summed E-state index contributed by atoms with van der Waals surface area (Å²) in [5.41, 5.74) is 3.98. The lowest BCUT2D eigenvalue weighted by Crippen LogP contribution is -2.34. The molecule has 0 bridgehead atoms. The lowest BCUT2D eigenvalue weighted by Gasteiger charge is -2.33. The number of methoxy groups -OCH3 is 1. The average Bonchev–Trinajstić information content (AvgIpc) is 3.09. The summed E-state index contributed by atoms with van der Waals surface area (Å²) in [5.74, 6) is 0.939. The molecule has 1 aromatic heterocycles. The van der Waals surface area contributed by atoms with Crippen molar-refractivity contribution in [2.24, 2.45) is 0 Å². The van der Waals surface area contributed by atoms with Crippen LogP contribution in [0.15, 0.2) is 66.7 Å². The molecular formula is C25H25N2O. The van der Waals surface area contributed by atoms with E-state index in [1.165, 1.54) is 40.2 Å². The van der Waals surface area contributed by atoms with Gasteiger partial charge in [0.05, 0.1) is 7.11 Å². The molecule has 3 aromatic carbocycles. The van der Waals surface area contributed by atoms with E-state index in [4.69, 9.17) is 4.74 Å². The van der Waals surface area contributed by atoms with Crippen LogP contribution in [0.25, 0.3) is 21.8 Å². The molecule has 2 heterocycles. The van der Waals surface area contributed by atoms with Gasteiger partial charge in [0.25, 0.3) is 0 Å². The van der Waals surface area contributed by atoms with Crippen molar-refractivity contribution in [1.29, 1.82) is 0 Å². The maximum Gasteiger partial charge on any atom is 0.119 e. The number of fused-ring (bicyclic) bond motifs is 3. The summed E-state index contributed by atoms with van der Waals surface area (Å²) in [6, 6.07) is 27.6. The summed E-state index contributed by atoms with van der Waals surface area (Å²) < 4.78 is 7.93. The number of hydrogen-bond donors (Lipinski definition) is 0. The van der Waals surface area contributed by atoms with Crippen molar-refractivity contribution in [3.63, 3.8) is 0 Å². The molecule has 1 aliphatic heterocycles. The first-order chi connectivity index (χ1) is 13.8. The van der Waals surface area contributed by atoms with Crippen molar-refractivity contribution in [1.82, 2.24) is 9.47 Å². The molecule has 1 saturated heterocycles. The number of piperidine rings is 1. The Kier molecular flexibility index (Phi) is 4.53. The monoisotopic (exact) mass is 369 g/mol. The van der Waals surface area contributed by atoms with Gasteiger partial charge >= 0.3 is 0 Å². The number of aromatic nitrogens is 1. The van der Waals surface area contributed by atoms with Crippen LogP contribution in [0.5, 0.6) is 5.75 Å². The standard InChI is InChI=1S/C25H25N2O/c1-28-21-8-6-7-19(17-21)18-26-15-13-20(14-16-26)27-24-11-4-2-9-22(24)23-10-3-5-12-25(23)27/h2-9,11-12,17,20H,13-16,18H2,1H3. The van der Waals surface area contributed by atoms with Gasteiger partial charge in [-0.25, -0.2) is 0 Å². The number of hydrogen-bond acceptors (Lipinski definition) is 2. The van der Waals surface area contributed by atoms with Crippen LogP contribution >= 0.6 is 0 Å². The van der Waals surface area contributed by atoms with Gasteiger partial charge in [0.1, 0.15) is 5.75 Å². The normalized spacial score (nSPS) is 16.0. The fourth-order valence-electron chi connectivity index (χ4n) is 4.63. The van der Waals surface area contributed by atoms with Gasteiger partial charge in [-0.3, -0.25) is 4.90 Å². The van der Waals surface area contributed by atoms with E-state index in [2.05, 4.69) is 70.1 Å². The van der Waals surface area contributed by atoms with Crippen LogP contribution in [-0.2, 0) is 6.54 Å². The number of benzene rings is 3. The molecule has 141 valence electrons. The Morgan fingerprint density at radius 1 is 0.964 bits per heavy atom. The minimum Gasteiger partial charge on any atom is -0.497 e. The van der Waals surface area contributed by atoms with Gasteiger partial charge in [0, 0.05) is 47.5 Å². The first-order valence-electron chi connectivity index (χ1n) is 10.1. The van der Waals surface area contributed by atoms with Crippen molar-refractivity contribution < 1.29 is 4.74 Å². The van der Waals surface area contributed by atoms with Crippen molar-refractivity contribution in [3.8, 4) is 5.75 Å². The fraction of sp³-hybridized carbons (Fsp3) is 0.280. The Morgan fingerprint density at radius 2 is 1.79 bits per heavy atom. The zero-order valence-corrected chi connectivity index (χ0v) is 16.3. The van der Waals surface area contributed by atoms with Crippen LogP contribution in [0, 0.1) is 6.07 Å². The van der Waals surface area contributed by atoms with E-state index >= 15 is 0 Å². The summed E-state index contributed by atoms with van der Waals surface area (Å²) in [6.45, 7) is 3.23. The van der Waals surface area contributed by atoms with E-state index in [0.717, 1.165) is 25.4 Å². The molecule has 0 atom stereocenters. The zero-order chi connectivity index (χ0) is 18.9. The van der Waals surface area contributed by atoms with E-state index in [1.807, 2.05) is 12.1 Å². The Balaban J connectivity index is 1.38. The maximum absolute atomic E-state index is 5.37. The van der Waals surface area contributed by atoms with Gasteiger partial charge in [-0.2, -0.15) is 0 Å². The van der Waals surface area contributed by atoms with E-state index < -0.39 is 0 Å². The quantitative estimate of drug-likeness (QED) is 0.476. The predicted molar refractivity (Wildman–Crippen MR) is 115 cm³/mol. The molecule has 0 N–H and O–H groups in total. The van der Waals surface area contributed by atoms with Crippen LogP contribution in [0.1, 0.15) is 24.4 Å². The molecule has 0 saturated carbocycles. The fourth-order valence-corrected chi connectivity index (χ4v) is 4.63. The lowest BCUT2D eigenvalue weighted by atomic mass is 10.0. The van der Waals surface area contributed by atoms with E-state index in [0.29, 0.717) is 6.04 Å². The Labute approximate surface area is 166 Å². The molecule has 3 heteroatoms. The van der Waals surface area contributed by atoms with Crippen LogP contribution in [-0.4, -0.2) is 29.7 Å². The summed E-state index contributed by atoms with van der Waals surface area (Å²) in [4.78, 5) is 2.56. The van der Waals surface area contributed by atoms with E-state index in [-0.39, 0.29) is 0 Å². The van der Waals surface area contributed by atoms with Gasteiger partial charge in [-0.1, -0.05) is 42.5 Å². The smallest absolute Gasteiger partial charge is 0.119 e. The second-order valence-corrected chi connectivity index (χ2v) is 7.68. The predicted octanol–water partition coefficient (Wildman–Crippen LogP) is 5.44. The third kappa shape index (κ3) is 3.06. The summed E-state index contributed by atoms with van der Waals surface area (Å²) in [6.07, 6.45) is 2.35. The Hall–Kier alpha value is -2.78. The number of rotatable bonds is 4. The molecule has 4 aromatic rings. The van der Waals surface area contributed by atoms with Crippen LogP contribution in [0.2, 0.25) is 0 Å². The minimum absolute atomic E-state index is 0.541. The Bertz CT molecular complexity index is 1050. The summed E-state index contributed by atoms with van der Waals surface area (Å²) in [5, 5.41) is 2.56. The summed E-state index contributed by atoms with van der Waals surface area (Å²) in [7, 11) is 1.73. The molecule has 3 nitrogen and oxygen atoms in total.